The van der Waals surface area contributed by atoms with Crippen LogP contribution in [0.25, 0.3) is 0 Å². The molecule has 1 aromatic heterocycles. The van der Waals surface area contributed by atoms with Crippen LogP contribution in [0.5, 0.6) is 0 Å². The van der Waals surface area contributed by atoms with Crippen molar-refractivity contribution in [3.63, 3.8) is 0 Å². The maximum Gasteiger partial charge on any atom is 1.00 e. The molecule has 3 nitrogen and oxygen atoms in total. The molecule has 1 aliphatic rings. The van der Waals surface area contributed by atoms with E-state index in [1.165, 1.54) is 12.8 Å². The van der Waals surface area contributed by atoms with Gasteiger partial charge in [0.15, 0.2) is 0 Å². The standard InChI is InChI=1S/C4H8O.C3H4N2.Na.H/c1-2-4-5-3-1;1-2-5-3-4-1;;/h1-4H2;1-3H,(H,4,5);;/q;;+1;-1. The first-order chi connectivity index (χ1) is 5.00. The van der Waals surface area contributed by atoms with Crippen LogP contribution in [-0.2, 0) is 4.74 Å². The van der Waals surface area contributed by atoms with E-state index in [1.807, 2.05) is 0 Å². The number of hydrogen-bond donors (Lipinski definition) is 1. The van der Waals surface area contributed by atoms with Crippen molar-refractivity contribution in [2.75, 3.05) is 13.2 Å². The number of ether oxygens (including phenoxy) is 1. The molecule has 0 radical (unpaired) electrons. The van der Waals surface area contributed by atoms with Gasteiger partial charge in [0.05, 0.1) is 6.33 Å². The fraction of sp³-hybridized carbons (Fsp3) is 0.571. The molecule has 1 aliphatic heterocycles. The first kappa shape index (κ1) is 11.2. The largest absolute Gasteiger partial charge is 1.00 e. The van der Waals surface area contributed by atoms with E-state index in [0.29, 0.717) is 0 Å². The third kappa shape index (κ3) is 6.56. The van der Waals surface area contributed by atoms with Crippen LogP contribution >= 0.6 is 0 Å². The summed E-state index contributed by atoms with van der Waals surface area (Å²) in [5, 5.41) is 0. The van der Waals surface area contributed by atoms with Crippen molar-refractivity contribution in [1.29, 1.82) is 0 Å². The van der Waals surface area contributed by atoms with Gasteiger partial charge in [-0.2, -0.15) is 0 Å². The van der Waals surface area contributed by atoms with Crippen molar-refractivity contribution in [1.82, 2.24) is 9.97 Å². The zero-order chi connectivity index (χ0) is 7.07. The summed E-state index contributed by atoms with van der Waals surface area (Å²) in [5.41, 5.74) is 0. The number of imidazole rings is 1. The second-order valence-corrected chi connectivity index (χ2v) is 2.08. The van der Waals surface area contributed by atoms with Gasteiger partial charge in [-0.25, -0.2) is 4.98 Å². The number of nitrogens with one attached hydrogen (secondary N) is 1. The van der Waals surface area contributed by atoms with Crippen LogP contribution in [0.1, 0.15) is 14.3 Å². The Kier molecular flexibility index (Phi) is 8.40. The van der Waals surface area contributed by atoms with Crippen molar-refractivity contribution >= 4 is 0 Å². The molecule has 0 atom stereocenters. The maximum absolute atomic E-state index is 4.94. The van der Waals surface area contributed by atoms with E-state index in [4.69, 9.17) is 4.74 Å². The van der Waals surface area contributed by atoms with Gasteiger partial charge in [-0.3, -0.25) is 0 Å². The van der Waals surface area contributed by atoms with Crippen LogP contribution in [0.2, 0.25) is 0 Å². The van der Waals surface area contributed by atoms with Gasteiger partial charge in [-0.05, 0) is 12.8 Å². The molecular weight excluding hydrogens is 151 g/mol. The van der Waals surface area contributed by atoms with E-state index in [1.54, 1.807) is 18.7 Å². The molecule has 58 valence electrons. The maximum atomic E-state index is 4.94. The van der Waals surface area contributed by atoms with Crippen molar-refractivity contribution < 1.29 is 35.7 Å². The van der Waals surface area contributed by atoms with Crippen LogP contribution in [0.4, 0.5) is 0 Å². The summed E-state index contributed by atoms with van der Waals surface area (Å²) in [6.07, 6.45) is 7.64. The van der Waals surface area contributed by atoms with Gasteiger partial charge in [-0.1, -0.05) is 0 Å². The Morgan fingerprint density at radius 3 is 2.27 bits per heavy atom. The van der Waals surface area contributed by atoms with E-state index in [2.05, 4.69) is 9.97 Å². The Balaban J connectivity index is 0. The minimum absolute atomic E-state index is 0. The topological polar surface area (TPSA) is 37.9 Å². The Labute approximate surface area is 90.3 Å². The molecule has 4 heteroatoms. The summed E-state index contributed by atoms with van der Waals surface area (Å²) < 4.78 is 4.94. The first-order valence-electron chi connectivity index (χ1n) is 3.50. The number of aromatic nitrogens is 2. The zero-order valence-corrected chi connectivity index (χ0v) is 8.92. The minimum atomic E-state index is 0. The smallest absolute Gasteiger partial charge is 1.00 e. The molecule has 0 unspecified atom stereocenters. The molecule has 1 N–H and O–H groups in total. The Bertz CT molecular complexity index is 120. The molecular formula is C7H13N2NaO. The number of H-pyrrole nitrogens is 1. The summed E-state index contributed by atoms with van der Waals surface area (Å²) in [4.78, 5) is 6.42. The fourth-order valence-corrected chi connectivity index (χ4v) is 0.725. The molecule has 0 saturated carbocycles. The van der Waals surface area contributed by atoms with Crippen LogP contribution in [0.3, 0.4) is 0 Å². The van der Waals surface area contributed by atoms with Crippen molar-refractivity contribution in [2.45, 2.75) is 12.8 Å². The molecule has 0 bridgehead atoms. The molecule has 2 heterocycles. The zero-order valence-electron chi connectivity index (χ0n) is 7.92. The molecule has 0 aliphatic carbocycles. The number of nitrogens with zero attached hydrogens (tertiary/aromatic N) is 1. The summed E-state index contributed by atoms with van der Waals surface area (Å²) in [6, 6.07) is 0. The SMILES string of the molecule is C1CCOC1.[H-].[Na+].c1c[nH]cn1. The van der Waals surface area contributed by atoms with Crippen LogP contribution in [0, 0.1) is 0 Å². The van der Waals surface area contributed by atoms with Gasteiger partial charge in [0.25, 0.3) is 0 Å². The summed E-state index contributed by atoms with van der Waals surface area (Å²) in [5.74, 6) is 0. The van der Waals surface area contributed by atoms with Crippen LogP contribution in [-0.4, -0.2) is 23.2 Å². The Hall–Kier alpha value is 0.170. The van der Waals surface area contributed by atoms with Gasteiger partial charge < -0.3 is 11.1 Å². The molecule has 1 fully saturated rings. The second kappa shape index (κ2) is 8.27. The molecule has 0 amide bonds. The fourth-order valence-electron chi connectivity index (χ4n) is 0.725. The molecule has 2 rings (SSSR count). The van der Waals surface area contributed by atoms with Crippen molar-refractivity contribution in [3.05, 3.63) is 18.7 Å². The van der Waals surface area contributed by atoms with Gasteiger partial charge in [0.2, 0.25) is 0 Å². The number of aromatic amines is 1. The van der Waals surface area contributed by atoms with Crippen molar-refractivity contribution in [2.24, 2.45) is 0 Å². The van der Waals surface area contributed by atoms with Crippen molar-refractivity contribution in [3.8, 4) is 0 Å². The normalized spacial score (nSPS) is 14.5. The Morgan fingerprint density at radius 1 is 1.36 bits per heavy atom. The van der Waals surface area contributed by atoms with Gasteiger partial charge in [0, 0.05) is 25.6 Å². The predicted octanol–water partition coefficient (Wildman–Crippen LogP) is -1.68. The van der Waals surface area contributed by atoms with Crippen LogP contribution in [0.15, 0.2) is 18.7 Å². The molecule has 1 aromatic rings. The van der Waals surface area contributed by atoms with E-state index in [0.717, 1.165) is 13.2 Å². The molecule has 11 heavy (non-hydrogen) atoms. The summed E-state index contributed by atoms with van der Waals surface area (Å²) in [7, 11) is 0. The average molecular weight is 164 g/mol. The summed E-state index contributed by atoms with van der Waals surface area (Å²) in [6.45, 7) is 2.00. The molecule has 1 saturated heterocycles. The first-order valence-corrected chi connectivity index (χ1v) is 3.50. The number of hydrogen-bond acceptors (Lipinski definition) is 2. The quantitative estimate of drug-likeness (QED) is 0.465. The van der Waals surface area contributed by atoms with E-state index in [-0.39, 0.29) is 31.0 Å². The van der Waals surface area contributed by atoms with E-state index >= 15 is 0 Å². The predicted molar refractivity (Wildman–Crippen MR) is 39.8 cm³/mol. The van der Waals surface area contributed by atoms with E-state index < -0.39 is 0 Å². The number of rotatable bonds is 0. The van der Waals surface area contributed by atoms with E-state index in [9.17, 15) is 0 Å². The van der Waals surface area contributed by atoms with Gasteiger partial charge >= 0.3 is 29.6 Å². The monoisotopic (exact) mass is 164 g/mol. The van der Waals surface area contributed by atoms with Gasteiger partial charge in [0.1, 0.15) is 0 Å². The summed E-state index contributed by atoms with van der Waals surface area (Å²) >= 11 is 0. The second-order valence-electron chi connectivity index (χ2n) is 2.08. The third-order valence-corrected chi connectivity index (χ3v) is 1.23. The third-order valence-electron chi connectivity index (χ3n) is 1.23. The molecule has 0 aromatic carbocycles. The van der Waals surface area contributed by atoms with Crippen LogP contribution < -0.4 is 29.6 Å². The van der Waals surface area contributed by atoms with Gasteiger partial charge in [-0.15, -0.1) is 0 Å². The molecule has 0 spiro atoms. The minimum Gasteiger partial charge on any atom is -1.00 e. The average Bonchev–Trinajstić information content (AvgIpc) is 2.67. The Morgan fingerprint density at radius 2 is 2.09 bits per heavy atom.